The zero-order valence-corrected chi connectivity index (χ0v) is 8.66. The fraction of sp³-hybridized carbons (Fsp3) is 0.455. The number of aliphatic hydroxyl groups is 1. The van der Waals surface area contributed by atoms with Crippen LogP contribution in [-0.2, 0) is 17.8 Å². The molecule has 0 aromatic heterocycles. The lowest BCUT2D eigenvalue weighted by Crippen LogP contribution is -1.99. The molecular weight excluding hydrogens is 196 g/mol. The van der Waals surface area contributed by atoms with Crippen molar-refractivity contribution < 1.29 is 19.3 Å². The molecule has 0 saturated heterocycles. The molecule has 1 N–H and O–H groups in total. The number of hydrogen-bond acceptors (Lipinski definition) is 4. The van der Waals surface area contributed by atoms with Crippen molar-refractivity contribution in [2.45, 2.75) is 13.0 Å². The van der Waals surface area contributed by atoms with Gasteiger partial charge >= 0.3 is 0 Å². The van der Waals surface area contributed by atoms with Crippen molar-refractivity contribution in [1.29, 1.82) is 0 Å². The summed E-state index contributed by atoms with van der Waals surface area (Å²) in [6.45, 7) is 0.899. The van der Waals surface area contributed by atoms with Crippen LogP contribution >= 0.6 is 0 Å². The van der Waals surface area contributed by atoms with Crippen LogP contribution in [0.2, 0.25) is 0 Å². The van der Waals surface area contributed by atoms with Gasteiger partial charge in [0.15, 0.2) is 11.5 Å². The zero-order chi connectivity index (χ0) is 10.7. The summed E-state index contributed by atoms with van der Waals surface area (Å²) in [6, 6.07) is 3.74. The average molecular weight is 210 g/mol. The van der Waals surface area contributed by atoms with Crippen molar-refractivity contribution in [3.63, 3.8) is 0 Å². The molecule has 0 aliphatic carbocycles. The Kier molecular flexibility index (Phi) is 3.08. The lowest BCUT2D eigenvalue weighted by Gasteiger charge is -2.08. The molecule has 0 fully saturated rings. The summed E-state index contributed by atoms with van der Waals surface area (Å²) < 4.78 is 15.5. The standard InChI is InChI=1S/C11H14O4/c1-13-3-2-8-4-10-11(15-7-14-10)5-9(8)6-12/h4-5,12H,2-3,6-7H2,1H3. The van der Waals surface area contributed by atoms with Crippen LogP contribution in [0, 0.1) is 0 Å². The molecule has 0 amide bonds. The van der Waals surface area contributed by atoms with Gasteiger partial charge in [0.05, 0.1) is 13.2 Å². The minimum Gasteiger partial charge on any atom is -0.454 e. The summed E-state index contributed by atoms with van der Waals surface area (Å²) in [6.07, 6.45) is 0.767. The molecule has 0 atom stereocenters. The van der Waals surface area contributed by atoms with Gasteiger partial charge in [-0.05, 0) is 29.7 Å². The number of benzene rings is 1. The van der Waals surface area contributed by atoms with E-state index in [2.05, 4.69) is 0 Å². The maximum Gasteiger partial charge on any atom is 0.231 e. The number of hydrogen-bond donors (Lipinski definition) is 1. The Balaban J connectivity index is 2.27. The first kappa shape index (κ1) is 10.3. The molecule has 1 aliphatic heterocycles. The van der Waals surface area contributed by atoms with Gasteiger partial charge in [0.1, 0.15) is 0 Å². The summed E-state index contributed by atoms with van der Waals surface area (Å²) in [7, 11) is 1.66. The first-order chi connectivity index (χ1) is 7.35. The van der Waals surface area contributed by atoms with Crippen LogP contribution in [0.3, 0.4) is 0 Å². The Morgan fingerprint density at radius 3 is 2.53 bits per heavy atom. The van der Waals surface area contributed by atoms with Crippen LogP contribution in [-0.4, -0.2) is 25.6 Å². The molecule has 2 rings (SSSR count). The van der Waals surface area contributed by atoms with E-state index in [9.17, 15) is 5.11 Å². The third-order valence-electron chi connectivity index (χ3n) is 2.44. The summed E-state index contributed by atoms with van der Waals surface area (Å²) in [5.41, 5.74) is 1.92. The van der Waals surface area contributed by atoms with E-state index in [4.69, 9.17) is 14.2 Å². The van der Waals surface area contributed by atoms with Crippen LogP contribution in [0.15, 0.2) is 12.1 Å². The fourth-order valence-electron chi connectivity index (χ4n) is 1.62. The first-order valence-electron chi connectivity index (χ1n) is 4.86. The van der Waals surface area contributed by atoms with E-state index in [1.807, 2.05) is 12.1 Å². The van der Waals surface area contributed by atoms with Gasteiger partial charge in [-0.2, -0.15) is 0 Å². The molecule has 1 aromatic carbocycles. The van der Waals surface area contributed by atoms with E-state index in [1.165, 1.54) is 0 Å². The maximum absolute atomic E-state index is 9.21. The summed E-state index contributed by atoms with van der Waals surface area (Å²) >= 11 is 0. The SMILES string of the molecule is COCCc1cc2c(cc1CO)OCO2. The largest absolute Gasteiger partial charge is 0.454 e. The molecule has 1 aliphatic rings. The maximum atomic E-state index is 9.21. The number of aliphatic hydroxyl groups excluding tert-OH is 1. The molecule has 4 nitrogen and oxygen atoms in total. The third-order valence-corrected chi connectivity index (χ3v) is 2.44. The van der Waals surface area contributed by atoms with Gasteiger partial charge in [0.25, 0.3) is 0 Å². The van der Waals surface area contributed by atoms with Crippen molar-refractivity contribution in [3.8, 4) is 11.5 Å². The van der Waals surface area contributed by atoms with Crippen LogP contribution in [0.5, 0.6) is 11.5 Å². The number of ether oxygens (including phenoxy) is 3. The Morgan fingerprint density at radius 2 is 1.93 bits per heavy atom. The molecule has 1 heterocycles. The molecular formula is C11H14O4. The normalized spacial score (nSPS) is 13.2. The van der Waals surface area contributed by atoms with Gasteiger partial charge < -0.3 is 19.3 Å². The van der Waals surface area contributed by atoms with E-state index >= 15 is 0 Å². The number of fused-ring (bicyclic) bond motifs is 1. The summed E-state index contributed by atoms with van der Waals surface area (Å²) in [4.78, 5) is 0. The summed E-state index contributed by atoms with van der Waals surface area (Å²) in [5.74, 6) is 1.46. The van der Waals surface area contributed by atoms with Crippen molar-refractivity contribution in [2.24, 2.45) is 0 Å². The smallest absolute Gasteiger partial charge is 0.231 e. The number of methoxy groups -OCH3 is 1. The lowest BCUT2D eigenvalue weighted by atomic mass is 10.0. The third kappa shape index (κ3) is 2.06. The Morgan fingerprint density at radius 1 is 1.27 bits per heavy atom. The zero-order valence-electron chi connectivity index (χ0n) is 8.66. The van der Waals surface area contributed by atoms with Gasteiger partial charge in [-0.25, -0.2) is 0 Å². The highest BCUT2D eigenvalue weighted by Gasteiger charge is 2.16. The second kappa shape index (κ2) is 4.51. The Bertz CT molecular complexity index is 349. The van der Waals surface area contributed by atoms with Crippen molar-refractivity contribution in [1.82, 2.24) is 0 Å². The highest BCUT2D eigenvalue weighted by Crippen LogP contribution is 2.35. The molecule has 0 bridgehead atoms. The van der Waals surface area contributed by atoms with Crippen LogP contribution in [0.1, 0.15) is 11.1 Å². The predicted molar refractivity (Wildman–Crippen MR) is 54.1 cm³/mol. The fourth-order valence-corrected chi connectivity index (χ4v) is 1.62. The Labute approximate surface area is 88.4 Å². The van der Waals surface area contributed by atoms with Crippen molar-refractivity contribution >= 4 is 0 Å². The predicted octanol–water partition coefficient (Wildman–Crippen LogP) is 1.10. The highest BCUT2D eigenvalue weighted by molar-refractivity contribution is 5.48. The average Bonchev–Trinajstić information content (AvgIpc) is 2.71. The van der Waals surface area contributed by atoms with E-state index in [0.717, 1.165) is 23.3 Å². The van der Waals surface area contributed by atoms with Crippen LogP contribution < -0.4 is 9.47 Å². The van der Waals surface area contributed by atoms with E-state index < -0.39 is 0 Å². The highest BCUT2D eigenvalue weighted by atomic mass is 16.7. The topological polar surface area (TPSA) is 47.9 Å². The quantitative estimate of drug-likeness (QED) is 0.808. The lowest BCUT2D eigenvalue weighted by molar-refractivity contribution is 0.173. The van der Waals surface area contributed by atoms with Gasteiger partial charge in [-0.1, -0.05) is 0 Å². The molecule has 82 valence electrons. The molecule has 4 heteroatoms. The van der Waals surface area contributed by atoms with Crippen LogP contribution in [0.25, 0.3) is 0 Å². The second-order valence-corrected chi connectivity index (χ2v) is 3.38. The molecule has 0 radical (unpaired) electrons. The molecule has 0 saturated carbocycles. The molecule has 1 aromatic rings. The van der Waals surface area contributed by atoms with Gasteiger partial charge in [-0.15, -0.1) is 0 Å². The van der Waals surface area contributed by atoms with Crippen molar-refractivity contribution in [2.75, 3.05) is 20.5 Å². The monoisotopic (exact) mass is 210 g/mol. The first-order valence-corrected chi connectivity index (χ1v) is 4.86. The minimum atomic E-state index is 0.00961. The minimum absolute atomic E-state index is 0.00961. The second-order valence-electron chi connectivity index (χ2n) is 3.38. The number of rotatable bonds is 4. The van der Waals surface area contributed by atoms with Crippen molar-refractivity contribution in [3.05, 3.63) is 23.3 Å². The Hall–Kier alpha value is -1.26. The molecule has 15 heavy (non-hydrogen) atoms. The van der Waals surface area contributed by atoms with E-state index in [1.54, 1.807) is 7.11 Å². The van der Waals surface area contributed by atoms with Crippen LogP contribution in [0.4, 0.5) is 0 Å². The molecule has 0 spiro atoms. The van der Waals surface area contributed by atoms with Gasteiger partial charge in [0.2, 0.25) is 6.79 Å². The summed E-state index contributed by atoms with van der Waals surface area (Å²) in [5, 5.41) is 9.21. The van der Waals surface area contributed by atoms with E-state index in [0.29, 0.717) is 12.4 Å². The van der Waals surface area contributed by atoms with E-state index in [-0.39, 0.29) is 13.4 Å². The van der Waals surface area contributed by atoms with Gasteiger partial charge in [0, 0.05) is 7.11 Å². The van der Waals surface area contributed by atoms with Gasteiger partial charge in [-0.3, -0.25) is 0 Å². The molecule has 0 unspecified atom stereocenters.